The molecule has 23 heavy (non-hydrogen) atoms. The third-order valence-corrected chi connectivity index (χ3v) is 4.15. The van der Waals surface area contributed by atoms with Gasteiger partial charge in [-0.1, -0.05) is 29.8 Å². The summed E-state index contributed by atoms with van der Waals surface area (Å²) in [7, 11) is 0. The topological polar surface area (TPSA) is 46.2 Å². The van der Waals surface area contributed by atoms with Crippen LogP contribution >= 0.6 is 11.6 Å². The fraction of sp³-hybridized carbons (Fsp3) is 0.263. The summed E-state index contributed by atoms with van der Waals surface area (Å²) in [6.45, 7) is 5.44. The van der Waals surface area contributed by atoms with Crippen molar-refractivity contribution < 1.29 is 9.59 Å². The van der Waals surface area contributed by atoms with Gasteiger partial charge in [0.25, 0.3) is 0 Å². The largest absolute Gasteiger partial charge is 0.325 e. The van der Waals surface area contributed by atoms with Crippen molar-refractivity contribution in [1.29, 1.82) is 0 Å². The van der Waals surface area contributed by atoms with Gasteiger partial charge in [-0.2, -0.15) is 0 Å². The average Bonchev–Trinajstić information content (AvgIpc) is 2.48. The fourth-order valence-electron chi connectivity index (χ4n) is 2.37. The lowest BCUT2D eigenvalue weighted by Gasteiger charge is -2.15. The second-order valence-electron chi connectivity index (χ2n) is 5.79. The van der Waals surface area contributed by atoms with Gasteiger partial charge in [0.2, 0.25) is 5.91 Å². The van der Waals surface area contributed by atoms with E-state index in [2.05, 4.69) is 5.32 Å². The van der Waals surface area contributed by atoms with Crippen molar-refractivity contribution >= 4 is 29.0 Å². The number of carbonyl (C=O) groups is 2. The van der Waals surface area contributed by atoms with Gasteiger partial charge < -0.3 is 5.32 Å². The zero-order chi connectivity index (χ0) is 17.0. The minimum absolute atomic E-state index is 0.161. The monoisotopic (exact) mass is 329 g/mol. The Labute approximate surface area is 141 Å². The van der Waals surface area contributed by atoms with Crippen LogP contribution in [-0.2, 0) is 16.0 Å². The van der Waals surface area contributed by atoms with Gasteiger partial charge in [0, 0.05) is 10.7 Å². The van der Waals surface area contributed by atoms with Crippen LogP contribution < -0.4 is 5.32 Å². The van der Waals surface area contributed by atoms with E-state index in [4.69, 9.17) is 11.6 Å². The molecule has 0 aromatic heterocycles. The van der Waals surface area contributed by atoms with Gasteiger partial charge in [-0.15, -0.1) is 0 Å². The minimum atomic E-state index is -0.727. The lowest BCUT2D eigenvalue weighted by atomic mass is 9.95. The van der Waals surface area contributed by atoms with Gasteiger partial charge >= 0.3 is 0 Å². The first-order valence-corrected chi connectivity index (χ1v) is 7.87. The van der Waals surface area contributed by atoms with Crippen molar-refractivity contribution in [2.24, 2.45) is 5.92 Å². The van der Waals surface area contributed by atoms with Crippen molar-refractivity contribution in [3.8, 4) is 0 Å². The zero-order valence-electron chi connectivity index (χ0n) is 13.5. The van der Waals surface area contributed by atoms with Gasteiger partial charge in [-0.3, -0.25) is 9.59 Å². The lowest BCUT2D eigenvalue weighted by molar-refractivity contribution is -0.129. The van der Waals surface area contributed by atoms with Crippen LogP contribution in [0.25, 0.3) is 0 Å². The second-order valence-corrected chi connectivity index (χ2v) is 6.22. The molecule has 0 radical (unpaired) electrons. The molecule has 0 heterocycles. The lowest BCUT2D eigenvalue weighted by Crippen LogP contribution is -2.30. The molecule has 2 rings (SSSR count). The van der Waals surface area contributed by atoms with Crippen LogP contribution in [0.15, 0.2) is 42.5 Å². The molecule has 2 aromatic carbocycles. The summed E-state index contributed by atoms with van der Waals surface area (Å²) >= 11 is 5.96. The molecule has 1 N–H and O–H groups in total. The molecule has 0 aliphatic heterocycles. The van der Waals surface area contributed by atoms with Crippen molar-refractivity contribution in [1.82, 2.24) is 0 Å². The van der Waals surface area contributed by atoms with Crippen LogP contribution in [0.2, 0.25) is 5.02 Å². The quantitative estimate of drug-likeness (QED) is 0.829. The molecule has 0 saturated carbocycles. The van der Waals surface area contributed by atoms with Crippen molar-refractivity contribution in [2.75, 3.05) is 5.32 Å². The van der Waals surface area contributed by atoms with Gasteiger partial charge in [-0.05, 0) is 68.1 Å². The van der Waals surface area contributed by atoms with Crippen molar-refractivity contribution in [3.05, 3.63) is 64.2 Å². The fourth-order valence-corrected chi connectivity index (χ4v) is 2.58. The Balaban J connectivity index is 2.15. The third-order valence-electron chi connectivity index (χ3n) is 3.91. The van der Waals surface area contributed by atoms with E-state index in [1.807, 2.05) is 44.2 Å². The molecule has 1 amide bonds. The Bertz CT molecular complexity index is 740. The number of rotatable bonds is 5. The molecule has 2 aromatic rings. The zero-order valence-corrected chi connectivity index (χ0v) is 14.3. The number of Topliss-reactive ketones (excluding diaryl/α,β-unsaturated/α-hetero) is 1. The number of carbonyl (C=O) groups excluding carboxylic acids is 2. The number of hydrogen-bond donors (Lipinski definition) is 1. The first kappa shape index (κ1) is 17.2. The third kappa shape index (κ3) is 4.67. The normalized spacial score (nSPS) is 11.8. The minimum Gasteiger partial charge on any atom is -0.325 e. The van der Waals surface area contributed by atoms with E-state index in [9.17, 15) is 9.59 Å². The highest BCUT2D eigenvalue weighted by molar-refractivity contribution is 6.30. The number of halogens is 1. The van der Waals surface area contributed by atoms with Crippen molar-refractivity contribution in [2.45, 2.75) is 27.2 Å². The van der Waals surface area contributed by atoms with E-state index >= 15 is 0 Å². The summed E-state index contributed by atoms with van der Waals surface area (Å²) in [5.41, 5.74) is 3.82. The second kappa shape index (κ2) is 7.42. The Hall–Kier alpha value is -2.13. The van der Waals surface area contributed by atoms with E-state index in [1.165, 1.54) is 6.92 Å². The van der Waals surface area contributed by atoms with Gasteiger partial charge in [-0.25, -0.2) is 0 Å². The summed E-state index contributed by atoms with van der Waals surface area (Å²) in [5, 5.41) is 3.43. The Kier molecular flexibility index (Phi) is 5.56. The molecule has 3 nitrogen and oxygen atoms in total. The highest BCUT2D eigenvalue weighted by Crippen LogP contribution is 2.19. The summed E-state index contributed by atoms with van der Waals surface area (Å²) < 4.78 is 0. The van der Waals surface area contributed by atoms with E-state index < -0.39 is 5.92 Å². The Morgan fingerprint density at radius 1 is 1.09 bits per heavy atom. The van der Waals surface area contributed by atoms with E-state index in [-0.39, 0.29) is 11.7 Å². The number of anilines is 1. The maximum Gasteiger partial charge on any atom is 0.235 e. The Morgan fingerprint density at radius 2 is 1.83 bits per heavy atom. The van der Waals surface area contributed by atoms with Crippen LogP contribution in [0.1, 0.15) is 23.6 Å². The molecular weight excluding hydrogens is 310 g/mol. The van der Waals surface area contributed by atoms with Crippen LogP contribution in [0.4, 0.5) is 5.69 Å². The first-order valence-electron chi connectivity index (χ1n) is 7.50. The number of ketones is 1. The molecule has 0 unspecified atom stereocenters. The highest BCUT2D eigenvalue weighted by Gasteiger charge is 2.24. The predicted molar refractivity (Wildman–Crippen MR) is 93.9 cm³/mol. The standard InChI is InChI=1S/C19H20ClNO2/c1-12-7-8-17(9-13(12)2)21-19(23)18(14(3)22)11-15-5-4-6-16(20)10-15/h4-10,18H,11H2,1-3H3,(H,21,23)/t18-/m1/s1. The number of aryl methyl sites for hydroxylation is 2. The van der Waals surface area contributed by atoms with Crippen LogP contribution in [-0.4, -0.2) is 11.7 Å². The number of benzene rings is 2. The molecule has 120 valence electrons. The molecule has 1 atom stereocenters. The summed E-state index contributed by atoms with van der Waals surface area (Å²) in [6, 6.07) is 12.9. The van der Waals surface area contributed by atoms with E-state index in [0.717, 1.165) is 16.7 Å². The number of amides is 1. The molecule has 0 saturated heterocycles. The predicted octanol–water partition coefficient (Wildman–Crippen LogP) is 4.34. The smallest absolute Gasteiger partial charge is 0.235 e. The number of nitrogens with one attached hydrogen (secondary N) is 1. The Morgan fingerprint density at radius 3 is 2.43 bits per heavy atom. The average molecular weight is 330 g/mol. The molecule has 0 aliphatic carbocycles. The molecular formula is C19H20ClNO2. The van der Waals surface area contributed by atoms with E-state index in [0.29, 0.717) is 17.1 Å². The van der Waals surface area contributed by atoms with Crippen LogP contribution in [0.3, 0.4) is 0 Å². The molecule has 0 bridgehead atoms. The summed E-state index contributed by atoms with van der Waals surface area (Å²) in [4.78, 5) is 24.4. The van der Waals surface area contributed by atoms with Crippen molar-refractivity contribution in [3.63, 3.8) is 0 Å². The van der Waals surface area contributed by atoms with Gasteiger partial charge in [0.15, 0.2) is 0 Å². The van der Waals surface area contributed by atoms with Crippen LogP contribution in [0, 0.1) is 19.8 Å². The van der Waals surface area contributed by atoms with Gasteiger partial charge in [0.05, 0.1) is 0 Å². The first-order chi connectivity index (χ1) is 10.9. The molecule has 0 fully saturated rings. The maximum absolute atomic E-state index is 12.5. The highest BCUT2D eigenvalue weighted by atomic mass is 35.5. The maximum atomic E-state index is 12.5. The summed E-state index contributed by atoms with van der Waals surface area (Å²) in [5.74, 6) is -1.18. The molecule has 0 aliphatic rings. The summed E-state index contributed by atoms with van der Waals surface area (Å²) in [6.07, 6.45) is 0.340. The molecule has 4 heteroatoms. The van der Waals surface area contributed by atoms with E-state index in [1.54, 1.807) is 12.1 Å². The van der Waals surface area contributed by atoms with Gasteiger partial charge in [0.1, 0.15) is 11.7 Å². The number of hydrogen-bond acceptors (Lipinski definition) is 2. The SMILES string of the molecule is CC(=O)[C@@H](Cc1cccc(Cl)c1)C(=O)Nc1ccc(C)c(C)c1. The molecule has 0 spiro atoms. The van der Waals surface area contributed by atoms with Crippen LogP contribution in [0.5, 0.6) is 0 Å².